The first-order valence-electron chi connectivity index (χ1n) is 9.01. The summed E-state index contributed by atoms with van der Waals surface area (Å²) in [5, 5.41) is -1.04. The molecule has 1 saturated heterocycles. The van der Waals surface area contributed by atoms with E-state index in [1.54, 1.807) is 12.1 Å². The summed E-state index contributed by atoms with van der Waals surface area (Å²) in [5.74, 6) is -0.663. The van der Waals surface area contributed by atoms with E-state index in [4.69, 9.17) is 4.74 Å². The molecule has 0 radical (unpaired) electrons. The zero-order valence-electron chi connectivity index (χ0n) is 15.5. The van der Waals surface area contributed by atoms with Gasteiger partial charge in [0.15, 0.2) is 0 Å². The van der Waals surface area contributed by atoms with Crippen LogP contribution in [-0.4, -0.2) is 45.8 Å². The van der Waals surface area contributed by atoms with Crippen LogP contribution in [0.2, 0.25) is 0 Å². The van der Waals surface area contributed by atoms with Gasteiger partial charge in [0.25, 0.3) is 5.91 Å². The molecule has 1 unspecified atom stereocenters. The number of aryl methyl sites for hydroxylation is 1. The third-order valence-electron chi connectivity index (χ3n) is 4.69. The smallest absolute Gasteiger partial charge is 0.341 e. The maximum Gasteiger partial charge on any atom is 0.341 e. The number of benzene rings is 2. The first kappa shape index (κ1) is 19.3. The number of amides is 1. The van der Waals surface area contributed by atoms with E-state index in [-0.39, 0.29) is 18.2 Å². The highest BCUT2D eigenvalue weighted by molar-refractivity contribution is 7.86. The van der Waals surface area contributed by atoms with Crippen LogP contribution >= 0.6 is 0 Å². The molecule has 1 amide bonds. The molecule has 0 N–H and O–H groups in total. The third-order valence-corrected chi connectivity index (χ3v) is 6.22. The van der Waals surface area contributed by atoms with Crippen molar-refractivity contribution < 1.29 is 18.5 Å². The van der Waals surface area contributed by atoms with Crippen molar-refractivity contribution in [3.8, 4) is 11.1 Å². The summed E-state index contributed by atoms with van der Waals surface area (Å²) in [6.45, 7) is 2.41. The van der Waals surface area contributed by atoms with Crippen LogP contribution in [0.25, 0.3) is 11.1 Å². The highest BCUT2D eigenvalue weighted by Gasteiger charge is 2.41. The second kappa shape index (κ2) is 8.48. The second-order valence-corrected chi connectivity index (χ2v) is 8.07. The van der Waals surface area contributed by atoms with Crippen LogP contribution < -0.4 is 0 Å². The summed E-state index contributed by atoms with van der Waals surface area (Å²) >= 11 is 0. The summed E-state index contributed by atoms with van der Waals surface area (Å²) in [5.41, 5.74) is 3.49. The number of esters is 1. The maximum atomic E-state index is 13.2. The number of nitrogens with zero attached hydrogens (tertiary/aromatic N) is 1. The lowest BCUT2D eigenvalue weighted by molar-refractivity contribution is -0.142. The number of hydrogen-bond acceptors (Lipinski definition) is 4. The van der Waals surface area contributed by atoms with Crippen LogP contribution in [0.3, 0.4) is 0 Å². The van der Waals surface area contributed by atoms with Crippen molar-refractivity contribution in [3.05, 3.63) is 59.7 Å². The molecule has 3 rings (SSSR count). The van der Waals surface area contributed by atoms with Crippen LogP contribution in [0, 0.1) is 0 Å². The van der Waals surface area contributed by atoms with E-state index in [9.17, 15) is 13.8 Å². The fourth-order valence-electron chi connectivity index (χ4n) is 3.32. The van der Waals surface area contributed by atoms with E-state index < -0.39 is 22.1 Å². The molecule has 2 aromatic rings. The van der Waals surface area contributed by atoms with E-state index in [1.807, 2.05) is 24.3 Å². The average molecular weight is 385 g/mol. The lowest BCUT2D eigenvalue weighted by atomic mass is 9.97. The van der Waals surface area contributed by atoms with E-state index in [1.165, 1.54) is 17.6 Å². The summed E-state index contributed by atoms with van der Waals surface area (Å²) in [6.07, 6.45) is 2.09. The Morgan fingerprint density at radius 3 is 2.52 bits per heavy atom. The largest absolute Gasteiger partial charge is 0.467 e. The molecule has 0 spiro atoms. The Morgan fingerprint density at radius 1 is 1.15 bits per heavy atom. The molecule has 0 aliphatic carbocycles. The fourth-order valence-corrected chi connectivity index (χ4v) is 4.71. The predicted molar refractivity (Wildman–Crippen MR) is 106 cm³/mol. The molecule has 1 fully saturated rings. The van der Waals surface area contributed by atoms with Gasteiger partial charge in [-0.25, -0.2) is 4.79 Å². The number of carbonyl (C=O) groups excluding carboxylic acids is 2. The number of ether oxygens (including phenoxy) is 1. The van der Waals surface area contributed by atoms with Gasteiger partial charge in [-0.1, -0.05) is 55.8 Å². The minimum atomic E-state index is -1.44. The quantitative estimate of drug-likeness (QED) is 0.742. The maximum absolute atomic E-state index is 13.2. The highest BCUT2D eigenvalue weighted by atomic mass is 32.2. The first-order valence-corrected chi connectivity index (χ1v) is 10.4. The number of rotatable bonds is 5. The molecule has 27 heavy (non-hydrogen) atoms. The molecule has 1 aliphatic heterocycles. The number of hydrogen-bond donors (Lipinski definition) is 0. The van der Waals surface area contributed by atoms with Gasteiger partial charge in [-0.2, -0.15) is 0 Å². The lowest BCUT2D eigenvalue weighted by Crippen LogP contribution is -2.42. The fraction of sp³-hybridized carbons (Fsp3) is 0.333. The van der Waals surface area contributed by atoms with E-state index >= 15 is 0 Å². The molecule has 1 aliphatic rings. The van der Waals surface area contributed by atoms with Gasteiger partial charge in [-0.05, 0) is 29.2 Å². The standard InChI is InChI=1S/C21H23NO4S/c1-3-6-15-9-11-16(12-10-15)17-7-4-5-8-18(17)19(23)22-13-14-27(25)20(22)21(24)26-2/h4-5,7-12,20H,3,6,13-14H2,1-2H3/t20?,27-/m0/s1. The number of methoxy groups -OCH3 is 1. The van der Waals surface area contributed by atoms with Crippen molar-refractivity contribution in [2.75, 3.05) is 19.4 Å². The SMILES string of the molecule is CCCc1ccc(-c2ccccc2C(=O)N2CC[S@](=O)C2C(=O)OC)cc1. The average Bonchev–Trinajstić information content (AvgIpc) is 3.09. The Hall–Kier alpha value is -2.47. The Bertz CT molecular complexity index is 863. The van der Waals surface area contributed by atoms with Crippen molar-refractivity contribution in [2.24, 2.45) is 0 Å². The van der Waals surface area contributed by atoms with Crippen molar-refractivity contribution >= 4 is 22.7 Å². The molecule has 0 saturated carbocycles. The minimum Gasteiger partial charge on any atom is -0.467 e. The summed E-state index contributed by atoms with van der Waals surface area (Å²) < 4.78 is 16.9. The van der Waals surface area contributed by atoms with Gasteiger partial charge in [-0.3, -0.25) is 9.00 Å². The highest BCUT2D eigenvalue weighted by Crippen LogP contribution is 2.27. The van der Waals surface area contributed by atoms with Crippen LogP contribution in [0.15, 0.2) is 48.5 Å². The minimum absolute atomic E-state index is 0.273. The Balaban J connectivity index is 1.94. The Labute approximate surface area is 161 Å². The zero-order chi connectivity index (χ0) is 19.4. The third kappa shape index (κ3) is 3.95. The zero-order valence-corrected chi connectivity index (χ0v) is 16.3. The van der Waals surface area contributed by atoms with Gasteiger partial charge in [0.2, 0.25) is 5.37 Å². The van der Waals surface area contributed by atoms with Crippen LogP contribution in [0.4, 0.5) is 0 Å². The van der Waals surface area contributed by atoms with Gasteiger partial charge >= 0.3 is 5.97 Å². The number of carbonyl (C=O) groups is 2. The molecule has 2 aromatic carbocycles. The van der Waals surface area contributed by atoms with E-state index in [0.717, 1.165) is 24.0 Å². The van der Waals surface area contributed by atoms with Gasteiger partial charge < -0.3 is 9.64 Å². The molecule has 2 atom stereocenters. The van der Waals surface area contributed by atoms with Crippen LogP contribution in [-0.2, 0) is 26.8 Å². The molecule has 142 valence electrons. The topological polar surface area (TPSA) is 63.7 Å². The van der Waals surface area contributed by atoms with Crippen LogP contribution in [0.1, 0.15) is 29.3 Å². The van der Waals surface area contributed by atoms with Crippen molar-refractivity contribution in [1.29, 1.82) is 0 Å². The molecule has 5 nitrogen and oxygen atoms in total. The van der Waals surface area contributed by atoms with Gasteiger partial charge in [0.1, 0.15) is 0 Å². The summed E-state index contributed by atoms with van der Waals surface area (Å²) in [6, 6.07) is 15.5. The monoisotopic (exact) mass is 385 g/mol. The summed E-state index contributed by atoms with van der Waals surface area (Å²) in [7, 11) is -0.199. The van der Waals surface area contributed by atoms with E-state index in [2.05, 4.69) is 19.1 Å². The molecule has 1 heterocycles. The normalized spacial score (nSPS) is 19.1. The molecule has 0 bridgehead atoms. The summed E-state index contributed by atoms with van der Waals surface area (Å²) in [4.78, 5) is 26.6. The molecular weight excluding hydrogens is 362 g/mol. The van der Waals surface area contributed by atoms with Crippen LogP contribution in [0.5, 0.6) is 0 Å². The molecule has 0 aromatic heterocycles. The van der Waals surface area contributed by atoms with Crippen molar-refractivity contribution in [3.63, 3.8) is 0 Å². The molecule has 6 heteroatoms. The van der Waals surface area contributed by atoms with Crippen molar-refractivity contribution in [1.82, 2.24) is 4.90 Å². The van der Waals surface area contributed by atoms with Gasteiger partial charge in [0, 0.05) is 17.9 Å². The Kier molecular flexibility index (Phi) is 6.06. The predicted octanol–water partition coefficient (Wildman–Crippen LogP) is 3.01. The first-order chi connectivity index (χ1) is 13.1. The lowest BCUT2D eigenvalue weighted by Gasteiger charge is -2.22. The second-order valence-electron chi connectivity index (χ2n) is 6.45. The van der Waals surface area contributed by atoms with Gasteiger partial charge in [-0.15, -0.1) is 0 Å². The Morgan fingerprint density at radius 2 is 1.85 bits per heavy atom. The van der Waals surface area contributed by atoms with E-state index in [0.29, 0.717) is 5.56 Å². The molecular formula is C21H23NO4S. The van der Waals surface area contributed by atoms with Gasteiger partial charge in [0.05, 0.1) is 17.9 Å². The van der Waals surface area contributed by atoms with Crippen molar-refractivity contribution in [2.45, 2.75) is 25.1 Å².